The minimum atomic E-state index is -0.910. The maximum atomic E-state index is 12.7. The largest absolute Gasteiger partial charge is 0.358 e. The second-order valence-electron chi connectivity index (χ2n) is 3.94. The molecule has 0 aromatic carbocycles. The predicted molar refractivity (Wildman–Crippen MR) is 55.9 cm³/mol. The average molecular weight is 246 g/mol. The minimum absolute atomic E-state index is 0.000283. The molecule has 0 spiro atoms. The summed E-state index contributed by atoms with van der Waals surface area (Å²) in [6.45, 7) is 3.08. The highest BCUT2D eigenvalue weighted by atomic mass is 19.1. The highest BCUT2D eigenvalue weighted by Crippen LogP contribution is 2.16. The van der Waals surface area contributed by atoms with E-state index in [9.17, 15) is 9.18 Å². The van der Waals surface area contributed by atoms with E-state index in [1.54, 1.807) is 0 Å². The van der Waals surface area contributed by atoms with E-state index in [0.29, 0.717) is 6.54 Å². The molecule has 0 bridgehead atoms. The quantitative estimate of drug-likeness (QED) is 0.587. The van der Waals surface area contributed by atoms with Crippen molar-refractivity contribution >= 4 is 5.91 Å². The minimum Gasteiger partial charge on any atom is -0.358 e. The lowest BCUT2D eigenvalue weighted by molar-refractivity contribution is -0.256. The number of carbonyl (C=O) groups is 1. The Hall–Kier alpha value is -1.47. The van der Waals surface area contributed by atoms with Crippen LogP contribution in [0.1, 0.15) is 35.7 Å². The van der Waals surface area contributed by atoms with Gasteiger partial charge < -0.3 is 9.84 Å². The standard InChI is InChI=1S/C10H15FN2O4/c1-6(2)4-12-10(14)9-7(3-11)8(5-16-15)17-13-9/h6,15H,3-5H2,1-2H3,(H,12,14). The molecule has 1 aromatic heterocycles. The molecule has 96 valence electrons. The molecule has 0 aliphatic heterocycles. The van der Waals surface area contributed by atoms with E-state index < -0.39 is 12.6 Å². The van der Waals surface area contributed by atoms with E-state index in [-0.39, 0.29) is 29.5 Å². The van der Waals surface area contributed by atoms with Gasteiger partial charge in [0.2, 0.25) is 0 Å². The van der Waals surface area contributed by atoms with Crippen molar-refractivity contribution in [2.24, 2.45) is 5.92 Å². The van der Waals surface area contributed by atoms with Gasteiger partial charge in [-0.15, -0.1) is 0 Å². The smallest absolute Gasteiger partial charge is 0.273 e. The summed E-state index contributed by atoms with van der Waals surface area (Å²) >= 11 is 0. The Kier molecular flexibility index (Phi) is 5.05. The Morgan fingerprint density at radius 1 is 1.65 bits per heavy atom. The van der Waals surface area contributed by atoms with Crippen molar-refractivity contribution < 1.29 is 23.9 Å². The molecule has 1 amide bonds. The van der Waals surface area contributed by atoms with Gasteiger partial charge in [-0.3, -0.25) is 10.1 Å². The van der Waals surface area contributed by atoms with Gasteiger partial charge in [-0.05, 0) is 5.92 Å². The first kappa shape index (κ1) is 13.6. The molecule has 6 nitrogen and oxygen atoms in total. The van der Waals surface area contributed by atoms with Crippen molar-refractivity contribution in [3.05, 3.63) is 17.0 Å². The van der Waals surface area contributed by atoms with Gasteiger partial charge >= 0.3 is 0 Å². The fraction of sp³-hybridized carbons (Fsp3) is 0.600. The molecule has 0 saturated heterocycles. The Morgan fingerprint density at radius 3 is 2.88 bits per heavy atom. The summed E-state index contributed by atoms with van der Waals surface area (Å²) in [7, 11) is 0. The number of amides is 1. The van der Waals surface area contributed by atoms with E-state index in [1.165, 1.54) is 0 Å². The number of hydrogen-bond acceptors (Lipinski definition) is 5. The number of nitrogens with zero attached hydrogens (tertiary/aromatic N) is 1. The summed E-state index contributed by atoms with van der Waals surface area (Å²) in [4.78, 5) is 15.5. The molecule has 0 aliphatic carbocycles. The molecule has 0 atom stereocenters. The van der Waals surface area contributed by atoms with Gasteiger partial charge in [0.1, 0.15) is 13.3 Å². The van der Waals surface area contributed by atoms with Crippen LogP contribution in [0.3, 0.4) is 0 Å². The molecule has 1 heterocycles. The van der Waals surface area contributed by atoms with Crippen LogP contribution < -0.4 is 5.32 Å². The molecule has 17 heavy (non-hydrogen) atoms. The molecule has 0 unspecified atom stereocenters. The number of alkyl halides is 1. The van der Waals surface area contributed by atoms with Crippen molar-refractivity contribution in [2.45, 2.75) is 27.1 Å². The molecule has 0 saturated carbocycles. The maximum Gasteiger partial charge on any atom is 0.273 e. The zero-order valence-corrected chi connectivity index (χ0v) is 9.70. The summed E-state index contributed by atoms with van der Waals surface area (Å²) < 4.78 is 17.5. The highest BCUT2D eigenvalue weighted by molar-refractivity contribution is 5.93. The Bertz CT molecular complexity index is 378. The summed E-state index contributed by atoms with van der Waals surface area (Å²) in [6, 6.07) is 0. The lowest BCUT2D eigenvalue weighted by Gasteiger charge is -2.05. The van der Waals surface area contributed by atoms with E-state index in [1.807, 2.05) is 13.8 Å². The fourth-order valence-electron chi connectivity index (χ4n) is 1.21. The molecule has 0 fully saturated rings. The van der Waals surface area contributed by atoms with Crippen LogP contribution in [0.2, 0.25) is 0 Å². The first-order valence-electron chi connectivity index (χ1n) is 5.18. The molecular formula is C10H15FN2O4. The third-order valence-electron chi connectivity index (χ3n) is 2.08. The molecule has 2 N–H and O–H groups in total. The van der Waals surface area contributed by atoms with E-state index in [4.69, 9.17) is 9.78 Å². The number of carbonyl (C=O) groups excluding carboxylic acids is 1. The topological polar surface area (TPSA) is 84.6 Å². The summed E-state index contributed by atoms with van der Waals surface area (Å²) in [6.07, 6.45) is 0. The number of nitrogens with one attached hydrogen (secondary N) is 1. The summed E-state index contributed by atoms with van der Waals surface area (Å²) in [5.74, 6) is -0.219. The number of aromatic nitrogens is 1. The molecule has 0 aliphatic rings. The van der Waals surface area contributed by atoms with Crippen LogP contribution in [0.15, 0.2) is 4.52 Å². The fourth-order valence-corrected chi connectivity index (χ4v) is 1.21. The highest BCUT2D eigenvalue weighted by Gasteiger charge is 2.21. The monoisotopic (exact) mass is 246 g/mol. The summed E-state index contributed by atoms with van der Waals surface area (Å²) in [5.41, 5.74) is -0.111. The number of rotatable bonds is 6. The van der Waals surface area contributed by atoms with Crippen LogP contribution >= 0.6 is 0 Å². The lowest BCUT2D eigenvalue weighted by atomic mass is 10.2. The lowest BCUT2D eigenvalue weighted by Crippen LogP contribution is -2.28. The second-order valence-corrected chi connectivity index (χ2v) is 3.94. The van der Waals surface area contributed by atoms with Crippen LogP contribution in [-0.2, 0) is 18.2 Å². The molecule has 7 heteroatoms. The van der Waals surface area contributed by atoms with Gasteiger partial charge in [0, 0.05) is 6.54 Å². The van der Waals surface area contributed by atoms with Crippen LogP contribution in [0.4, 0.5) is 4.39 Å². The SMILES string of the molecule is CC(C)CNC(=O)c1noc(COO)c1CF. The zero-order valence-electron chi connectivity index (χ0n) is 9.70. The third kappa shape index (κ3) is 3.50. The zero-order chi connectivity index (χ0) is 12.8. The second kappa shape index (κ2) is 6.31. The normalized spacial score (nSPS) is 10.9. The van der Waals surface area contributed by atoms with Gasteiger partial charge in [0.15, 0.2) is 11.5 Å². The Morgan fingerprint density at radius 2 is 2.35 bits per heavy atom. The molecule has 1 rings (SSSR count). The molecular weight excluding hydrogens is 231 g/mol. The van der Waals surface area contributed by atoms with Crippen LogP contribution in [-0.4, -0.2) is 22.9 Å². The van der Waals surface area contributed by atoms with Crippen molar-refractivity contribution in [3.63, 3.8) is 0 Å². The summed E-state index contributed by atoms with van der Waals surface area (Å²) in [5, 5.41) is 14.3. The maximum absolute atomic E-state index is 12.7. The van der Waals surface area contributed by atoms with Crippen LogP contribution in [0.5, 0.6) is 0 Å². The number of halogens is 1. The van der Waals surface area contributed by atoms with Crippen molar-refractivity contribution in [3.8, 4) is 0 Å². The van der Waals surface area contributed by atoms with E-state index in [2.05, 4.69) is 15.4 Å². The van der Waals surface area contributed by atoms with Gasteiger partial charge in [0.05, 0.1) is 5.56 Å². The predicted octanol–water partition coefficient (Wildman–Crippen LogP) is 1.52. The van der Waals surface area contributed by atoms with E-state index >= 15 is 0 Å². The molecule has 1 aromatic rings. The Labute approximate surface area is 97.7 Å². The third-order valence-corrected chi connectivity index (χ3v) is 2.08. The Balaban J connectivity index is 2.79. The van der Waals surface area contributed by atoms with Gasteiger partial charge in [-0.1, -0.05) is 19.0 Å². The van der Waals surface area contributed by atoms with Crippen LogP contribution in [0, 0.1) is 5.92 Å². The van der Waals surface area contributed by atoms with Crippen LogP contribution in [0.25, 0.3) is 0 Å². The molecule has 0 radical (unpaired) electrons. The first-order valence-corrected chi connectivity index (χ1v) is 5.18. The first-order chi connectivity index (χ1) is 8.10. The van der Waals surface area contributed by atoms with Crippen molar-refractivity contribution in [1.82, 2.24) is 10.5 Å². The average Bonchev–Trinajstić information content (AvgIpc) is 2.69. The van der Waals surface area contributed by atoms with E-state index in [0.717, 1.165) is 0 Å². The van der Waals surface area contributed by atoms with Gasteiger partial charge in [-0.2, -0.15) is 0 Å². The van der Waals surface area contributed by atoms with Crippen molar-refractivity contribution in [1.29, 1.82) is 0 Å². The van der Waals surface area contributed by atoms with Crippen molar-refractivity contribution in [2.75, 3.05) is 6.54 Å². The van der Waals surface area contributed by atoms with Gasteiger partial charge in [0.25, 0.3) is 5.91 Å². The van der Waals surface area contributed by atoms with Gasteiger partial charge in [-0.25, -0.2) is 9.28 Å². The number of hydrogen-bond donors (Lipinski definition) is 2.